The first-order chi connectivity index (χ1) is 4.33. The number of aryl methyl sites for hydroxylation is 1. The number of benzene rings is 1. The van der Waals surface area contributed by atoms with Gasteiger partial charge in [0.1, 0.15) is 0 Å². The SMILES string of the molecule is Cc1ccc([O][BiH2])cc1. The van der Waals surface area contributed by atoms with Crippen molar-refractivity contribution in [2.24, 2.45) is 0 Å². The fraction of sp³-hybridized carbons (Fsp3) is 0.143. The van der Waals surface area contributed by atoms with Crippen molar-refractivity contribution in [2.45, 2.75) is 6.92 Å². The van der Waals surface area contributed by atoms with E-state index in [1.54, 1.807) is 0 Å². The van der Waals surface area contributed by atoms with Gasteiger partial charge in [-0.1, -0.05) is 0 Å². The van der Waals surface area contributed by atoms with E-state index >= 15 is 0 Å². The minimum atomic E-state index is 0.595. The predicted molar refractivity (Wildman–Crippen MR) is 40.4 cm³/mol. The monoisotopic (exact) mass is 318 g/mol. The molecule has 0 spiro atoms. The van der Waals surface area contributed by atoms with E-state index in [4.69, 9.17) is 2.81 Å². The maximum absolute atomic E-state index is 5.14. The second-order valence-electron chi connectivity index (χ2n) is 1.93. The van der Waals surface area contributed by atoms with Gasteiger partial charge in [-0.3, -0.25) is 0 Å². The second kappa shape index (κ2) is 3.17. The molecule has 0 aromatic heterocycles. The average Bonchev–Trinajstić information content (AvgIpc) is 1.90. The molecule has 0 aliphatic carbocycles. The van der Waals surface area contributed by atoms with Crippen LogP contribution < -0.4 is 2.81 Å². The van der Waals surface area contributed by atoms with E-state index < -0.39 is 0 Å². The third-order valence-electron chi connectivity index (χ3n) is 1.16. The molecule has 0 unspecified atom stereocenters. The molecule has 1 rings (SSSR count). The molecule has 48 valence electrons. The van der Waals surface area contributed by atoms with Crippen molar-refractivity contribution < 1.29 is 2.81 Å². The Morgan fingerprint density at radius 2 is 1.78 bits per heavy atom. The normalized spacial score (nSPS) is 9.11. The van der Waals surface area contributed by atoms with Crippen LogP contribution in [0.3, 0.4) is 0 Å². The average molecular weight is 318 g/mol. The van der Waals surface area contributed by atoms with Crippen LogP contribution >= 0.6 is 0 Å². The van der Waals surface area contributed by atoms with Crippen molar-refractivity contribution in [1.29, 1.82) is 0 Å². The molecule has 1 nitrogen and oxygen atoms in total. The summed E-state index contributed by atoms with van der Waals surface area (Å²) in [5, 5.41) is 0. The van der Waals surface area contributed by atoms with Crippen molar-refractivity contribution >= 4 is 25.2 Å². The summed E-state index contributed by atoms with van der Waals surface area (Å²) in [6.45, 7) is 2.07. The van der Waals surface area contributed by atoms with Crippen molar-refractivity contribution in [3.05, 3.63) is 29.8 Å². The maximum atomic E-state index is 5.14. The summed E-state index contributed by atoms with van der Waals surface area (Å²) >= 11 is 0.595. The van der Waals surface area contributed by atoms with Crippen LogP contribution in [0.15, 0.2) is 24.3 Å². The van der Waals surface area contributed by atoms with Gasteiger partial charge in [0.2, 0.25) is 0 Å². The van der Waals surface area contributed by atoms with Gasteiger partial charge in [0.25, 0.3) is 0 Å². The van der Waals surface area contributed by atoms with Crippen molar-refractivity contribution in [1.82, 2.24) is 0 Å². The van der Waals surface area contributed by atoms with Gasteiger partial charge in [-0.2, -0.15) is 0 Å². The summed E-state index contributed by atoms with van der Waals surface area (Å²) in [5.74, 6) is 0.991. The fourth-order valence-corrected chi connectivity index (χ4v) is 1.23. The molecule has 0 aliphatic rings. The molecule has 1 aromatic carbocycles. The molecular weight excluding hydrogens is 309 g/mol. The zero-order valence-electron chi connectivity index (χ0n) is 5.29. The van der Waals surface area contributed by atoms with Crippen molar-refractivity contribution in [3.8, 4) is 5.75 Å². The first kappa shape index (κ1) is 7.02. The van der Waals surface area contributed by atoms with Crippen LogP contribution in [-0.4, -0.2) is 25.2 Å². The van der Waals surface area contributed by atoms with Gasteiger partial charge in [-0.05, 0) is 0 Å². The molecule has 2 heteroatoms. The molecular formula is C7H9BiO. The van der Waals surface area contributed by atoms with E-state index in [0.29, 0.717) is 25.2 Å². The summed E-state index contributed by atoms with van der Waals surface area (Å²) in [5.41, 5.74) is 1.28. The van der Waals surface area contributed by atoms with Crippen LogP contribution in [0.25, 0.3) is 0 Å². The number of hydrogen-bond donors (Lipinski definition) is 0. The molecule has 0 saturated carbocycles. The minimum absolute atomic E-state index is 0.595. The van der Waals surface area contributed by atoms with Crippen LogP contribution in [0.5, 0.6) is 5.75 Å². The topological polar surface area (TPSA) is 9.23 Å². The Kier molecular flexibility index (Phi) is 2.47. The zero-order valence-corrected chi connectivity index (χ0v) is 9.78. The van der Waals surface area contributed by atoms with Gasteiger partial charge in [-0.15, -0.1) is 0 Å². The van der Waals surface area contributed by atoms with Gasteiger partial charge < -0.3 is 0 Å². The molecule has 0 heterocycles. The van der Waals surface area contributed by atoms with Crippen molar-refractivity contribution in [2.75, 3.05) is 0 Å². The van der Waals surface area contributed by atoms with Crippen molar-refractivity contribution in [3.63, 3.8) is 0 Å². The van der Waals surface area contributed by atoms with E-state index in [0.717, 1.165) is 5.75 Å². The van der Waals surface area contributed by atoms with E-state index in [1.165, 1.54) is 5.56 Å². The second-order valence-corrected chi connectivity index (χ2v) is 2.85. The van der Waals surface area contributed by atoms with Gasteiger partial charge in [0.05, 0.1) is 0 Å². The number of rotatable bonds is 1. The van der Waals surface area contributed by atoms with Crippen LogP contribution in [0, 0.1) is 6.92 Å². The molecule has 9 heavy (non-hydrogen) atoms. The molecule has 0 aliphatic heterocycles. The van der Waals surface area contributed by atoms with E-state index in [-0.39, 0.29) is 0 Å². The van der Waals surface area contributed by atoms with Gasteiger partial charge in [0.15, 0.2) is 0 Å². The van der Waals surface area contributed by atoms with Gasteiger partial charge >= 0.3 is 70.5 Å². The molecule has 1 aromatic rings. The summed E-state index contributed by atoms with van der Waals surface area (Å²) in [6, 6.07) is 8.10. The molecule has 0 atom stereocenters. The summed E-state index contributed by atoms with van der Waals surface area (Å²) in [4.78, 5) is 0. The van der Waals surface area contributed by atoms with E-state index in [9.17, 15) is 0 Å². The standard InChI is InChI=1S/C7H8O.Bi.2H/c1-6-2-4-7(8)5-3-6;;;/h2-5,8H,1H3;;;/q;+1;;/p-1. The Labute approximate surface area is 70.5 Å². The summed E-state index contributed by atoms with van der Waals surface area (Å²) in [7, 11) is 0. The van der Waals surface area contributed by atoms with Crippen LogP contribution in [0.4, 0.5) is 0 Å². The molecule has 0 fully saturated rings. The first-order valence-corrected chi connectivity index (χ1v) is 4.59. The van der Waals surface area contributed by atoms with Gasteiger partial charge in [0, 0.05) is 0 Å². The Morgan fingerprint density at radius 3 is 2.22 bits per heavy atom. The molecule has 0 amide bonds. The molecule has 0 radical (unpaired) electrons. The summed E-state index contributed by atoms with van der Waals surface area (Å²) < 4.78 is 5.14. The Bertz CT molecular complexity index is 181. The third kappa shape index (κ3) is 1.94. The molecule has 0 N–H and O–H groups in total. The van der Waals surface area contributed by atoms with Crippen LogP contribution in [0.1, 0.15) is 5.56 Å². The Hall–Kier alpha value is -0.0969. The quantitative estimate of drug-likeness (QED) is 0.700. The Morgan fingerprint density at radius 1 is 1.22 bits per heavy atom. The van der Waals surface area contributed by atoms with Crippen LogP contribution in [-0.2, 0) is 0 Å². The third-order valence-corrected chi connectivity index (χ3v) is 2.22. The summed E-state index contributed by atoms with van der Waals surface area (Å²) in [6.07, 6.45) is 0. The van der Waals surface area contributed by atoms with E-state index in [2.05, 4.69) is 19.1 Å². The zero-order chi connectivity index (χ0) is 6.69. The number of hydrogen-bond acceptors (Lipinski definition) is 1. The Balaban J connectivity index is 2.88. The van der Waals surface area contributed by atoms with Crippen LogP contribution in [0.2, 0.25) is 0 Å². The molecule has 0 bridgehead atoms. The predicted octanol–water partition coefficient (Wildman–Crippen LogP) is 0.922. The fourth-order valence-electron chi connectivity index (χ4n) is 0.617. The van der Waals surface area contributed by atoms with E-state index in [1.807, 2.05) is 12.1 Å². The first-order valence-electron chi connectivity index (χ1n) is 2.76. The molecule has 0 saturated heterocycles. The van der Waals surface area contributed by atoms with Gasteiger partial charge in [-0.25, -0.2) is 0 Å².